The number of aliphatic carboxylic acids is 1. The summed E-state index contributed by atoms with van der Waals surface area (Å²) in [5.74, 6) is -0.468. The summed E-state index contributed by atoms with van der Waals surface area (Å²) < 4.78 is 0. The Morgan fingerprint density at radius 3 is 2.47 bits per heavy atom. The number of benzene rings is 1. The normalized spacial score (nSPS) is 23.2. The first-order valence-corrected chi connectivity index (χ1v) is 8.65. The molecular weight excluding hydrogens is 276 g/mol. The fourth-order valence-corrected chi connectivity index (χ4v) is 5.02. The van der Waals surface area contributed by atoms with E-state index in [1.165, 1.54) is 29.7 Å². The highest BCUT2D eigenvalue weighted by atomic mass is 32.2. The van der Waals surface area contributed by atoms with Crippen LogP contribution in [0.25, 0.3) is 0 Å². The molecule has 1 aliphatic rings. The summed E-state index contributed by atoms with van der Waals surface area (Å²) in [6.07, 6.45) is 4.87. The van der Waals surface area contributed by atoms with Gasteiger partial charge in [0, 0.05) is 15.4 Å². The summed E-state index contributed by atoms with van der Waals surface area (Å²) in [5.41, 5.74) is 1.28. The Bertz CT molecular complexity index is 417. The minimum Gasteiger partial charge on any atom is -0.481 e. The Morgan fingerprint density at radius 1 is 1.21 bits per heavy atom. The van der Waals surface area contributed by atoms with E-state index >= 15 is 0 Å². The van der Waals surface area contributed by atoms with Gasteiger partial charge in [0.1, 0.15) is 0 Å². The van der Waals surface area contributed by atoms with Crippen molar-refractivity contribution >= 4 is 29.5 Å². The van der Waals surface area contributed by atoms with Gasteiger partial charge in [-0.2, -0.15) is 0 Å². The molecule has 0 radical (unpaired) electrons. The van der Waals surface area contributed by atoms with E-state index in [4.69, 9.17) is 5.11 Å². The Morgan fingerprint density at radius 2 is 1.84 bits per heavy atom. The summed E-state index contributed by atoms with van der Waals surface area (Å²) in [7, 11) is 0. The molecule has 2 rings (SSSR count). The Kier molecular flexibility index (Phi) is 5.64. The molecule has 4 heteroatoms. The van der Waals surface area contributed by atoms with Crippen molar-refractivity contribution in [3.8, 4) is 0 Å². The summed E-state index contributed by atoms with van der Waals surface area (Å²) in [4.78, 5) is 12.0. The van der Waals surface area contributed by atoms with Crippen LogP contribution >= 0.6 is 23.5 Å². The van der Waals surface area contributed by atoms with E-state index in [-0.39, 0.29) is 5.75 Å². The van der Waals surface area contributed by atoms with Crippen LogP contribution in [0.4, 0.5) is 0 Å². The lowest BCUT2D eigenvalue weighted by atomic mass is 10.00. The molecule has 0 unspecified atom stereocenters. The molecule has 0 heterocycles. The third-order valence-electron chi connectivity index (χ3n) is 3.37. The average molecular weight is 296 g/mol. The van der Waals surface area contributed by atoms with Crippen LogP contribution in [-0.4, -0.2) is 27.3 Å². The van der Waals surface area contributed by atoms with Crippen molar-refractivity contribution in [2.75, 3.05) is 5.75 Å². The lowest BCUT2D eigenvalue weighted by Gasteiger charge is -2.30. The number of carboxylic acid groups (broad SMARTS) is 1. The van der Waals surface area contributed by atoms with Gasteiger partial charge in [-0.3, -0.25) is 4.79 Å². The van der Waals surface area contributed by atoms with E-state index in [1.807, 2.05) is 11.8 Å². The van der Waals surface area contributed by atoms with Gasteiger partial charge < -0.3 is 5.11 Å². The van der Waals surface area contributed by atoms with Crippen LogP contribution in [0.2, 0.25) is 0 Å². The van der Waals surface area contributed by atoms with E-state index in [1.54, 1.807) is 11.8 Å². The Labute approximate surface area is 123 Å². The molecule has 2 nitrogen and oxygen atoms in total. The SMILES string of the molecule is Cc1ccc(S[C@@H]2CCCC[C@H]2SCC(=O)O)cc1. The van der Waals surface area contributed by atoms with E-state index in [0.717, 1.165) is 6.42 Å². The minimum atomic E-state index is -0.699. The third-order valence-corrected chi connectivity index (χ3v) is 6.36. The molecule has 1 aromatic rings. The molecule has 1 saturated carbocycles. The van der Waals surface area contributed by atoms with Gasteiger partial charge in [-0.25, -0.2) is 0 Å². The van der Waals surface area contributed by atoms with Crippen LogP contribution in [0.5, 0.6) is 0 Å². The van der Waals surface area contributed by atoms with Crippen molar-refractivity contribution in [2.24, 2.45) is 0 Å². The minimum absolute atomic E-state index is 0.232. The molecule has 1 aromatic carbocycles. The molecule has 0 amide bonds. The first-order valence-electron chi connectivity index (χ1n) is 6.72. The number of carbonyl (C=O) groups is 1. The van der Waals surface area contributed by atoms with Crippen LogP contribution in [-0.2, 0) is 4.79 Å². The maximum absolute atomic E-state index is 10.7. The van der Waals surface area contributed by atoms with E-state index in [9.17, 15) is 4.79 Å². The predicted octanol–water partition coefficient (Wildman–Crippen LogP) is 4.22. The maximum Gasteiger partial charge on any atom is 0.313 e. The first-order chi connectivity index (χ1) is 9.15. The zero-order chi connectivity index (χ0) is 13.7. The van der Waals surface area contributed by atoms with Crippen molar-refractivity contribution < 1.29 is 9.90 Å². The summed E-state index contributed by atoms with van der Waals surface area (Å²) >= 11 is 3.53. The highest BCUT2D eigenvalue weighted by Crippen LogP contribution is 2.39. The van der Waals surface area contributed by atoms with Crippen molar-refractivity contribution in [3.05, 3.63) is 29.8 Å². The van der Waals surface area contributed by atoms with Crippen molar-refractivity contribution in [1.29, 1.82) is 0 Å². The largest absolute Gasteiger partial charge is 0.481 e. The number of hydrogen-bond donors (Lipinski definition) is 1. The third kappa shape index (κ3) is 4.77. The zero-order valence-corrected chi connectivity index (χ0v) is 12.8. The predicted molar refractivity (Wildman–Crippen MR) is 83.2 cm³/mol. The van der Waals surface area contributed by atoms with Crippen molar-refractivity contribution in [2.45, 2.75) is 48.0 Å². The summed E-state index contributed by atoms with van der Waals surface area (Å²) in [6, 6.07) is 8.64. The summed E-state index contributed by atoms with van der Waals surface area (Å²) in [5, 5.41) is 9.86. The van der Waals surface area contributed by atoms with E-state index < -0.39 is 5.97 Å². The van der Waals surface area contributed by atoms with Crippen LogP contribution in [0.3, 0.4) is 0 Å². The zero-order valence-electron chi connectivity index (χ0n) is 11.2. The fraction of sp³-hybridized carbons (Fsp3) is 0.533. The lowest BCUT2D eigenvalue weighted by molar-refractivity contribution is -0.133. The fourth-order valence-electron chi connectivity index (χ4n) is 2.36. The van der Waals surface area contributed by atoms with Crippen molar-refractivity contribution in [3.63, 3.8) is 0 Å². The van der Waals surface area contributed by atoms with Gasteiger partial charge in [-0.1, -0.05) is 30.5 Å². The highest BCUT2D eigenvalue weighted by molar-refractivity contribution is 8.04. The van der Waals surface area contributed by atoms with Crippen LogP contribution < -0.4 is 0 Å². The van der Waals surface area contributed by atoms with E-state index in [0.29, 0.717) is 10.5 Å². The molecule has 1 aliphatic carbocycles. The van der Waals surface area contributed by atoms with Gasteiger partial charge in [0.25, 0.3) is 0 Å². The van der Waals surface area contributed by atoms with Gasteiger partial charge in [0.2, 0.25) is 0 Å². The average Bonchev–Trinajstić information content (AvgIpc) is 2.40. The van der Waals surface area contributed by atoms with Gasteiger partial charge >= 0.3 is 5.97 Å². The molecule has 19 heavy (non-hydrogen) atoms. The molecule has 1 N–H and O–H groups in total. The molecule has 0 aromatic heterocycles. The van der Waals surface area contributed by atoms with Crippen molar-refractivity contribution in [1.82, 2.24) is 0 Å². The standard InChI is InChI=1S/C15H20O2S2/c1-11-6-8-12(9-7-11)19-14-5-3-2-4-13(14)18-10-15(16)17/h6-9,13-14H,2-5,10H2,1H3,(H,16,17)/t13-,14-/m1/s1. The molecule has 0 bridgehead atoms. The smallest absolute Gasteiger partial charge is 0.313 e. The topological polar surface area (TPSA) is 37.3 Å². The Hall–Kier alpha value is -0.610. The van der Waals surface area contributed by atoms with Crippen LogP contribution in [0, 0.1) is 6.92 Å². The molecule has 1 fully saturated rings. The Balaban J connectivity index is 1.95. The van der Waals surface area contributed by atoms with Gasteiger partial charge in [-0.15, -0.1) is 23.5 Å². The molecule has 0 saturated heterocycles. The quantitative estimate of drug-likeness (QED) is 0.883. The van der Waals surface area contributed by atoms with Gasteiger partial charge in [0.15, 0.2) is 0 Å². The first kappa shape index (κ1) is 14.8. The van der Waals surface area contributed by atoms with Gasteiger partial charge in [-0.05, 0) is 31.9 Å². The second kappa shape index (κ2) is 7.25. The second-order valence-corrected chi connectivity index (χ2v) is 7.54. The van der Waals surface area contributed by atoms with E-state index in [2.05, 4.69) is 31.2 Å². The molecule has 2 atom stereocenters. The van der Waals surface area contributed by atoms with Crippen LogP contribution in [0.15, 0.2) is 29.2 Å². The highest BCUT2D eigenvalue weighted by Gasteiger charge is 2.26. The molecular formula is C15H20O2S2. The molecule has 0 spiro atoms. The number of aryl methyl sites for hydroxylation is 1. The van der Waals surface area contributed by atoms with Crippen LogP contribution in [0.1, 0.15) is 31.2 Å². The number of thioether (sulfide) groups is 2. The van der Waals surface area contributed by atoms with Gasteiger partial charge in [0.05, 0.1) is 5.75 Å². The monoisotopic (exact) mass is 296 g/mol. The lowest BCUT2D eigenvalue weighted by Crippen LogP contribution is -2.25. The second-order valence-electron chi connectivity index (χ2n) is 5.00. The number of hydrogen-bond acceptors (Lipinski definition) is 3. The molecule has 104 valence electrons. The maximum atomic E-state index is 10.7. The molecule has 0 aliphatic heterocycles. The summed E-state index contributed by atoms with van der Waals surface area (Å²) in [6.45, 7) is 2.10. The number of carboxylic acids is 1. The number of rotatable bonds is 5.